The second-order valence-electron chi connectivity index (χ2n) is 7.15. The standard InChI is InChI=1S/C22H21N3O3S/c1-12(23)13-4-6-14(7-5-13)18-17(28-22(27)25(2)3)9-8-16-19(18)15-10-11-29-20(15)21(26)24-16/h4-12H,23H2,1-3H3,(H,24,26). The zero-order valence-corrected chi connectivity index (χ0v) is 17.2. The Balaban J connectivity index is 2.05. The molecule has 4 rings (SSSR count). The second-order valence-corrected chi connectivity index (χ2v) is 8.07. The third-order valence-electron chi connectivity index (χ3n) is 4.84. The number of aromatic nitrogens is 1. The topological polar surface area (TPSA) is 88.4 Å². The molecule has 1 unspecified atom stereocenters. The van der Waals surface area contributed by atoms with Crippen LogP contribution in [0.5, 0.6) is 5.75 Å². The molecule has 0 aliphatic carbocycles. The number of thiophene rings is 1. The van der Waals surface area contributed by atoms with Gasteiger partial charge in [-0.3, -0.25) is 4.79 Å². The molecule has 0 aliphatic rings. The Hall–Kier alpha value is -3.16. The van der Waals surface area contributed by atoms with Crippen LogP contribution in [0.2, 0.25) is 0 Å². The monoisotopic (exact) mass is 407 g/mol. The highest BCUT2D eigenvalue weighted by Gasteiger charge is 2.19. The fraction of sp³-hybridized carbons (Fsp3) is 0.182. The van der Waals surface area contributed by atoms with E-state index >= 15 is 0 Å². The number of hydrogen-bond acceptors (Lipinski definition) is 5. The van der Waals surface area contributed by atoms with Crippen molar-refractivity contribution in [1.29, 1.82) is 0 Å². The molecule has 0 radical (unpaired) electrons. The van der Waals surface area contributed by atoms with E-state index in [0.717, 1.165) is 27.5 Å². The fourth-order valence-corrected chi connectivity index (χ4v) is 4.13. The molecule has 2 aromatic heterocycles. The van der Waals surface area contributed by atoms with Crippen LogP contribution in [-0.4, -0.2) is 30.1 Å². The number of carbonyl (C=O) groups is 1. The van der Waals surface area contributed by atoms with Gasteiger partial charge in [-0.05, 0) is 41.6 Å². The van der Waals surface area contributed by atoms with E-state index < -0.39 is 6.09 Å². The van der Waals surface area contributed by atoms with Crippen LogP contribution in [0.3, 0.4) is 0 Å². The van der Waals surface area contributed by atoms with E-state index in [1.165, 1.54) is 16.2 Å². The van der Waals surface area contributed by atoms with Crippen LogP contribution in [0.25, 0.3) is 32.1 Å². The van der Waals surface area contributed by atoms with Crippen molar-refractivity contribution in [2.24, 2.45) is 5.73 Å². The van der Waals surface area contributed by atoms with Crippen LogP contribution < -0.4 is 16.0 Å². The van der Waals surface area contributed by atoms with Crippen LogP contribution in [0.1, 0.15) is 18.5 Å². The largest absolute Gasteiger partial charge is 0.414 e. The van der Waals surface area contributed by atoms with Gasteiger partial charge in [0.2, 0.25) is 0 Å². The maximum Gasteiger partial charge on any atom is 0.414 e. The highest BCUT2D eigenvalue weighted by Crippen LogP contribution is 2.40. The molecule has 3 N–H and O–H groups in total. The number of pyridine rings is 1. The number of benzene rings is 2. The summed E-state index contributed by atoms with van der Waals surface area (Å²) in [5.41, 5.74) is 9.19. The Kier molecular flexibility index (Phi) is 4.86. The average molecular weight is 407 g/mol. The van der Waals surface area contributed by atoms with E-state index in [0.29, 0.717) is 16.0 Å². The van der Waals surface area contributed by atoms with Crippen molar-refractivity contribution in [3.8, 4) is 16.9 Å². The summed E-state index contributed by atoms with van der Waals surface area (Å²) in [5, 5.41) is 3.57. The van der Waals surface area contributed by atoms with Crippen molar-refractivity contribution in [3.05, 3.63) is 63.8 Å². The molecule has 0 saturated heterocycles. The van der Waals surface area contributed by atoms with Gasteiger partial charge in [-0.25, -0.2) is 4.79 Å². The Morgan fingerprint density at radius 3 is 2.52 bits per heavy atom. The number of hydrogen-bond donors (Lipinski definition) is 2. The molecule has 6 nitrogen and oxygen atoms in total. The van der Waals surface area contributed by atoms with Crippen LogP contribution in [0.15, 0.2) is 52.6 Å². The van der Waals surface area contributed by atoms with Gasteiger partial charge in [0.1, 0.15) is 10.4 Å². The Labute approximate surface area is 171 Å². The van der Waals surface area contributed by atoms with Crippen molar-refractivity contribution < 1.29 is 9.53 Å². The summed E-state index contributed by atoms with van der Waals surface area (Å²) in [6.07, 6.45) is -0.469. The predicted octanol–water partition coefficient (Wildman–Crippen LogP) is 4.49. The molecular weight excluding hydrogens is 386 g/mol. The van der Waals surface area contributed by atoms with Gasteiger partial charge in [0.15, 0.2) is 0 Å². The van der Waals surface area contributed by atoms with Gasteiger partial charge in [0.25, 0.3) is 5.56 Å². The molecule has 148 valence electrons. The maximum atomic E-state index is 12.4. The zero-order valence-electron chi connectivity index (χ0n) is 16.4. The van der Waals surface area contributed by atoms with Crippen LogP contribution in [0, 0.1) is 0 Å². The first-order valence-electron chi connectivity index (χ1n) is 9.18. The summed E-state index contributed by atoms with van der Waals surface area (Å²) < 4.78 is 6.32. The quantitative estimate of drug-likeness (QED) is 0.524. The third kappa shape index (κ3) is 3.39. The Morgan fingerprint density at radius 2 is 1.86 bits per heavy atom. The van der Waals surface area contributed by atoms with Crippen molar-refractivity contribution in [2.75, 3.05) is 14.1 Å². The number of nitrogens with two attached hydrogens (primary N) is 1. The van der Waals surface area contributed by atoms with Crippen molar-refractivity contribution in [2.45, 2.75) is 13.0 Å². The lowest BCUT2D eigenvalue weighted by molar-refractivity contribution is 0.172. The summed E-state index contributed by atoms with van der Waals surface area (Å²) in [7, 11) is 3.27. The summed E-state index contributed by atoms with van der Waals surface area (Å²) in [5.74, 6) is 0.435. The van der Waals surface area contributed by atoms with E-state index in [1.54, 1.807) is 26.2 Å². The molecule has 1 amide bonds. The first-order valence-corrected chi connectivity index (χ1v) is 10.1. The lowest BCUT2D eigenvalue weighted by Crippen LogP contribution is -2.25. The molecule has 0 saturated carbocycles. The van der Waals surface area contributed by atoms with E-state index in [1.807, 2.05) is 42.6 Å². The van der Waals surface area contributed by atoms with Gasteiger partial charge < -0.3 is 20.4 Å². The number of rotatable bonds is 3. The lowest BCUT2D eigenvalue weighted by atomic mass is 9.95. The predicted molar refractivity (Wildman–Crippen MR) is 118 cm³/mol. The summed E-state index contributed by atoms with van der Waals surface area (Å²) in [6.45, 7) is 1.93. The van der Waals surface area contributed by atoms with E-state index in [-0.39, 0.29) is 11.6 Å². The second kappa shape index (κ2) is 7.35. The van der Waals surface area contributed by atoms with Crippen LogP contribution in [-0.2, 0) is 0 Å². The number of fused-ring (bicyclic) bond motifs is 3. The smallest absolute Gasteiger partial charge is 0.410 e. The molecule has 4 aromatic rings. The first kappa shape index (κ1) is 19.2. The highest BCUT2D eigenvalue weighted by atomic mass is 32.1. The molecule has 0 aliphatic heterocycles. The lowest BCUT2D eigenvalue weighted by Gasteiger charge is -2.17. The average Bonchev–Trinajstić information content (AvgIpc) is 3.19. The van der Waals surface area contributed by atoms with Gasteiger partial charge in [0, 0.05) is 42.0 Å². The number of carbonyl (C=O) groups excluding carboxylic acids is 1. The zero-order chi connectivity index (χ0) is 20.7. The first-order chi connectivity index (χ1) is 13.9. The molecule has 7 heteroatoms. The van der Waals surface area contributed by atoms with Crippen LogP contribution in [0.4, 0.5) is 4.79 Å². The van der Waals surface area contributed by atoms with Crippen molar-refractivity contribution in [1.82, 2.24) is 9.88 Å². The Bertz CT molecular complexity index is 1270. The fourth-order valence-electron chi connectivity index (χ4n) is 3.34. The molecule has 1 atom stereocenters. The summed E-state index contributed by atoms with van der Waals surface area (Å²) in [4.78, 5) is 29.0. The molecule has 2 heterocycles. The Morgan fingerprint density at radius 1 is 1.14 bits per heavy atom. The van der Waals surface area contributed by atoms with Gasteiger partial charge >= 0.3 is 6.09 Å². The third-order valence-corrected chi connectivity index (χ3v) is 5.76. The molecule has 0 spiro atoms. The van der Waals surface area contributed by atoms with Gasteiger partial charge in [-0.2, -0.15) is 0 Å². The minimum absolute atomic E-state index is 0.0810. The minimum atomic E-state index is -0.469. The molecular formula is C22H21N3O3S. The van der Waals surface area contributed by atoms with E-state index in [4.69, 9.17) is 10.5 Å². The van der Waals surface area contributed by atoms with E-state index in [9.17, 15) is 9.59 Å². The number of aromatic amines is 1. The number of amides is 1. The number of H-pyrrole nitrogens is 1. The summed E-state index contributed by atoms with van der Waals surface area (Å²) >= 11 is 1.39. The molecule has 29 heavy (non-hydrogen) atoms. The van der Waals surface area contributed by atoms with Crippen molar-refractivity contribution in [3.63, 3.8) is 0 Å². The molecule has 2 aromatic carbocycles. The highest BCUT2D eigenvalue weighted by molar-refractivity contribution is 7.17. The molecule has 0 bridgehead atoms. The molecule has 0 fully saturated rings. The maximum absolute atomic E-state index is 12.4. The SMILES string of the molecule is CC(N)c1ccc(-c2c(OC(=O)N(C)C)ccc3[nH]c(=O)c4sccc4c23)cc1. The van der Waals surface area contributed by atoms with Gasteiger partial charge in [-0.1, -0.05) is 24.3 Å². The van der Waals surface area contributed by atoms with Gasteiger partial charge in [0.05, 0.1) is 0 Å². The van der Waals surface area contributed by atoms with Crippen LogP contribution >= 0.6 is 11.3 Å². The normalized spacial score (nSPS) is 12.3. The number of nitrogens with one attached hydrogen (secondary N) is 1. The minimum Gasteiger partial charge on any atom is -0.410 e. The number of nitrogens with zero attached hydrogens (tertiary/aromatic N) is 1. The van der Waals surface area contributed by atoms with Gasteiger partial charge in [-0.15, -0.1) is 11.3 Å². The summed E-state index contributed by atoms with van der Waals surface area (Å²) in [6, 6.07) is 13.2. The number of ether oxygens (including phenoxy) is 1. The van der Waals surface area contributed by atoms with E-state index in [2.05, 4.69) is 4.98 Å². The van der Waals surface area contributed by atoms with Crippen molar-refractivity contribution >= 4 is 38.4 Å².